The number of halogens is 1. The van der Waals surface area contributed by atoms with Crippen LogP contribution in [0.2, 0.25) is 0 Å². The fourth-order valence-corrected chi connectivity index (χ4v) is 2.19. The van der Waals surface area contributed by atoms with Crippen molar-refractivity contribution in [2.75, 3.05) is 19.1 Å². The van der Waals surface area contributed by atoms with E-state index < -0.39 is 0 Å². The first-order chi connectivity index (χ1) is 10.2. The van der Waals surface area contributed by atoms with Crippen LogP contribution in [0.25, 0.3) is 0 Å². The van der Waals surface area contributed by atoms with Gasteiger partial charge in [0.1, 0.15) is 0 Å². The molecule has 2 rings (SSSR count). The lowest BCUT2D eigenvalue weighted by atomic mass is 10.2. The second kappa shape index (κ2) is 7.69. The number of nitrogens with one attached hydrogen (secondary N) is 1. The number of hydrogen-bond acceptors (Lipinski definition) is 4. The van der Waals surface area contributed by atoms with Crippen LogP contribution >= 0.6 is 15.9 Å². The number of nitrogens with zero attached hydrogens (tertiary/aromatic N) is 1. The van der Waals surface area contributed by atoms with Crippen LogP contribution in [0.4, 0.5) is 5.69 Å². The van der Waals surface area contributed by atoms with Crippen molar-refractivity contribution in [1.29, 1.82) is 0 Å². The third-order valence-electron chi connectivity index (χ3n) is 2.75. The SMILES string of the molecule is CCOc1cc(Br)c(C=NNc2ccccc2)cc1OC. The van der Waals surface area contributed by atoms with Gasteiger partial charge in [-0.05, 0) is 47.1 Å². The zero-order valence-electron chi connectivity index (χ0n) is 12.0. The van der Waals surface area contributed by atoms with Crippen molar-refractivity contribution >= 4 is 27.8 Å². The Balaban J connectivity index is 2.16. The van der Waals surface area contributed by atoms with Gasteiger partial charge in [-0.25, -0.2) is 0 Å². The molecule has 0 saturated heterocycles. The molecule has 0 aliphatic heterocycles. The summed E-state index contributed by atoms with van der Waals surface area (Å²) in [5, 5.41) is 4.22. The first kappa shape index (κ1) is 15.4. The Hall–Kier alpha value is -2.01. The summed E-state index contributed by atoms with van der Waals surface area (Å²) < 4.78 is 11.7. The number of ether oxygens (including phenoxy) is 2. The average Bonchev–Trinajstić information content (AvgIpc) is 2.51. The van der Waals surface area contributed by atoms with Gasteiger partial charge in [0.25, 0.3) is 0 Å². The van der Waals surface area contributed by atoms with E-state index in [0.29, 0.717) is 18.1 Å². The van der Waals surface area contributed by atoms with Crippen LogP contribution in [0.1, 0.15) is 12.5 Å². The van der Waals surface area contributed by atoms with Gasteiger partial charge in [-0.2, -0.15) is 5.10 Å². The summed E-state index contributed by atoms with van der Waals surface area (Å²) in [6.45, 7) is 2.53. The van der Waals surface area contributed by atoms with Gasteiger partial charge in [-0.3, -0.25) is 5.43 Å². The van der Waals surface area contributed by atoms with Crippen molar-refractivity contribution < 1.29 is 9.47 Å². The maximum atomic E-state index is 5.52. The molecule has 0 radical (unpaired) electrons. The van der Waals surface area contributed by atoms with Gasteiger partial charge < -0.3 is 9.47 Å². The summed E-state index contributed by atoms with van der Waals surface area (Å²) in [6.07, 6.45) is 1.73. The van der Waals surface area contributed by atoms with Crippen LogP contribution < -0.4 is 14.9 Å². The summed E-state index contributed by atoms with van der Waals surface area (Å²) in [4.78, 5) is 0. The van der Waals surface area contributed by atoms with Gasteiger partial charge in [0, 0.05) is 10.0 Å². The molecule has 0 amide bonds. The number of benzene rings is 2. The second-order valence-electron chi connectivity index (χ2n) is 4.19. The van der Waals surface area contributed by atoms with E-state index in [9.17, 15) is 0 Å². The van der Waals surface area contributed by atoms with Crippen molar-refractivity contribution in [3.05, 3.63) is 52.5 Å². The van der Waals surface area contributed by atoms with Crippen LogP contribution in [0.3, 0.4) is 0 Å². The predicted octanol–water partition coefficient (Wildman–Crippen LogP) is 4.30. The Morgan fingerprint density at radius 1 is 1.19 bits per heavy atom. The largest absolute Gasteiger partial charge is 0.493 e. The molecule has 110 valence electrons. The minimum Gasteiger partial charge on any atom is -0.493 e. The Morgan fingerprint density at radius 2 is 1.95 bits per heavy atom. The Kier molecular flexibility index (Phi) is 5.63. The highest BCUT2D eigenvalue weighted by Gasteiger charge is 2.08. The highest BCUT2D eigenvalue weighted by Crippen LogP contribution is 2.32. The lowest BCUT2D eigenvalue weighted by molar-refractivity contribution is 0.310. The van der Waals surface area contributed by atoms with E-state index in [0.717, 1.165) is 15.7 Å². The molecule has 0 spiro atoms. The Labute approximate surface area is 132 Å². The molecule has 1 N–H and O–H groups in total. The molecule has 21 heavy (non-hydrogen) atoms. The average molecular weight is 349 g/mol. The molecule has 0 fully saturated rings. The minimum absolute atomic E-state index is 0.589. The van der Waals surface area contributed by atoms with Gasteiger partial charge in [-0.1, -0.05) is 18.2 Å². The van der Waals surface area contributed by atoms with Crippen LogP contribution in [0, 0.1) is 0 Å². The number of methoxy groups -OCH3 is 1. The first-order valence-corrected chi connectivity index (χ1v) is 7.38. The van der Waals surface area contributed by atoms with Gasteiger partial charge in [0.15, 0.2) is 11.5 Å². The molecule has 0 unspecified atom stereocenters. The van der Waals surface area contributed by atoms with E-state index in [1.54, 1.807) is 13.3 Å². The van der Waals surface area contributed by atoms with Gasteiger partial charge in [-0.15, -0.1) is 0 Å². The van der Waals surface area contributed by atoms with Gasteiger partial charge >= 0.3 is 0 Å². The Bertz CT molecular complexity index is 615. The van der Waals surface area contributed by atoms with Crippen molar-refractivity contribution in [3.8, 4) is 11.5 Å². The summed E-state index contributed by atoms with van der Waals surface area (Å²) in [6, 6.07) is 13.5. The van der Waals surface area contributed by atoms with E-state index in [1.165, 1.54) is 0 Å². The lowest BCUT2D eigenvalue weighted by Crippen LogP contribution is -1.98. The number of para-hydroxylation sites is 1. The van der Waals surface area contributed by atoms with Gasteiger partial charge in [0.2, 0.25) is 0 Å². The molecule has 0 aromatic heterocycles. The maximum Gasteiger partial charge on any atom is 0.162 e. The fraction of sp³-hybridized carbons (Fsp3) is 0.188. The van der Waals surface area contributed by atoms with Gasteiger partial charge in [0.05, 0.1) is 25.6 Å². The van der Waals surface area contributed by atoms with Crippen molar-refractivity contribution in [1.82, 2.24) is 0 Å². The molecule has 4 nitrogen and oxygen atoms in total. The summed E-state index contributed by atoms with van der Waals surface area (Å²) >= 11 is 3.51. The van der Waals surface area contributed by atoms with E-state index in [1.807, 2.05) is 49.4 Å². The van der Waals surface area contributed by atoms with Crippen LogP contribution in [-0.4, -0.2) is 19.9 Å². The summed E-state index contributed by atoms with van der Waals surface area (Å²) in [7, 11) is 1.62. The quantitative estimate of drug-likeness (QED) is 0.625. The number of rotatable bonds is 6. The standard InChI is InChI=1S/C16H17BrN2O2/c1-3-21-16-10-14(17)12(9-15(16)20-2)11-18-19-13-7-5-4-6-8-13/h4-11,19H,3H2,1-2H3. The first-order valence-electron chi connectivity index (χ1n) is 6.59. The normalized spacial score (nSPS) is 10.6. The Morgan fingerprint density at radius 3 is 2.62 bits per heavy atom. The highest BCUT2D eigenvalue weighted by atomic mass is 79.9. The van der Waals surface area contributed by atoms with Crippen LogP contribution in [0.15, 0.2) is 52.0 Å². The molecule has 0 heterocycles. The maximum absolute atomic E-state index is 5.52. The summed E-state index contributed by atoms with van der Waals surface area (Å²) in [5.41, 5.74) is 4.81. The van der Waals surface area contributed by atoms with Crippen LogP contribution in [0.5, 0.6) is 11.5 Å². The molecule has 0 aliphatic carbocycles. The minimum atomic E-state index is 0.589. The molecule has 2 aromatic carbocycles. The molecule has 2 aromatic rings. The smallest absolute Gasteiger partial charge is 0.162 e. The predicted molar refractivity (Wildman–Crippen MR) is 89.5 cm³/mol. The second-order valence-corrected chi connectivity index (χ2v) is 5.05. The number of hydrazone groups is 1. The molecule has 0 saturated carbocycles. The molecular weight excluding hydrogens is 332 g/mol. The monoisotopic (exact) mass is 348 g/mol. The molecule has 0 aliphatic rings. The molecular formula is C16H17BrN2O2. The molecule has 0 bridgehead atoms. The van der Waals surface area contributed by atoms with E-state index >= 15 is 0 Å². The highest BCUT2D eigenvalue weighted by molar-refractivity contribution is 9.10. The van der Waals surface area contributed by atoms with Crippen LogP contribution in [-0.2, 0) is 0 Å². The number of anilines is 1. The van der Waals surface area contributed by atoms with E-state index in [4.69, 9.17) is 9.47 Å². The van der Waals surface area contributed by atoms with E-state index in [2.05, 4.69) is 26.5 Å². The van der Waals surface area contributed by atoms with Crippen molar-refractivity contribution in [3.63, 3.8) is 0 Å². The van der Waals surface area contributed by atoms with E-state index in [-0.39, 0.29) is 0 Å². The zero-order chi connectivity index (χ0) is 15.1. The molecule has 5 heteroatoms. The zero-order valence-corrected chi connectivity index (χ0v) is 13.6. The molecule has 0 atom stereocenters. The third-order valence-corrected chi connectivity index (χ3v) is 3.44. The van der Waals surface area contributed by atoms with Crippen molar-refractivity contribution in [2.24, 2.45) is 5.10 Å². The topological polar surface area (TPSA) is 42.8 Å². The fourth-order valence-electron chi connectivity index (χ4n) is 1.77. The summed E-state index contributed by atoms with van der Waals surface area (Å²) in [5.74, 6) is 1.39. The lowest BCUT2D eigenvalue weighted by Gasteiger charge is -2.11. The number of hydrogen-bond donors (Lipinski definition) is 1. The third kappa shape index (κ3) is 4.23. The van der Waals surface area contributed by atoms with Crippen molar-refractivity contribution in [2.45, 2.75) is 6.92 Å².